The average Bonchev–Trinajstić information content (AvgIpc) is 2.57. The second kappa shape index (κ2) is 8.93. The first-order valence-corrected chi connectivity index (χ1v) is 7.93. The van der Waals surface area contributed by atoms with Crippen LogP contribution in [0.25, 0.3) is 0 Å². The van der Waals surface area contributed by atoms with Gasteiger partial charge in [-0.15, -0.1) is 0 Å². The lowest BCUT2D eigenvalue weighted by Crippen LogP contribution is -2.43. The third-order valence-electron chi connectivity index (χ3n) is 3.28. The minimum atomic E-state index is -0.428. The van der Waals surface area contributed by atoms with Crippen LogP contribution >= 0.6 is 11.6 Å². The third-order valence-corrected chi connectivity index (χ3v) is 3.65. The highest BCUT2D eigenvalue weighted by atomic mass is 35.5. The maximum absolute atomic E-state index is 11.7. The highest BCUT2D eigenvalue weighted by Gasteiger charge is 2.07. The minimum Gasteiger partial charge on any atom is -0.484 e. The van der Waals surface area contributed by atoms with Crippen LogP contribution in [0, 0.1) is 6.92 Å². The zero-order valence-corrected chi connectivity index (χ0v) is 14.1. The zero-order chi connectivity index (χ0) is 17.4. The molecule has 126 valence electrons. The van der Waals surface area contributed by atoms with Crippen molar-refractivity contribution in [2.75, 3.05) is 6.61 Å². The predicted octanol–water partition coefficient (Wildman–Crippen LogP) is 2.81. The molecule has 0 aromatic heterocycles. The van der Waals surface area contributed by atoms with E-state index in [4.69, 9.17) is 16.3 Å². The summed E-state index contributed by atoms with van der Waals surface area (Å²) in [5.41, 5.74) is 6.61. The van der Waals surface area contributed by atoms with E-state index < -0.39 is 5.91 Å². The molecule has 2 aromatic rings. The molecule has 0 aliphatic heterocycles. The molecule has 0 saturated heterocycles. The summed E-state index contributed by atoms with van der Waals surface area (Å²) in [6, 6.07) is 14.7. The zero-order valence-electron chi connectivity index (χ0n) is 13.3. The molecular weight excluding hydrogens is 328 g/mol. The van der Waals surface area contributed by atoms with E-state index in [1.54, 1.807) is 12.1 Å². The summed E-state index contributed by atoms with van der Waals surface area (Å²) in [7, 11) is 0. The molecule has 6 heteroatoms. The van der Waals surface area contributed by atoms with Gasteiger partial charge in [0, 0.05) is 11.4 Å². The third kappa shape index (κ3) is 5.93. The number of carbonyl (C=O) groups is 2. The van der Waals surface area contributed by atoms with Crippen LogP contribution in [0.2, 0.25) is 5.02 Å². The Morgan fingerprint density at radius 1 is 1.04 bits per heavy atom. The van der Waals surface area contributed by atoms with Gasteiger partial charge in [-0.1, -0.05) is 41.9 Å². The molecule has 0 unspecified atom stereocenters. The molecule has 2 amide bonds. The summed E-state index contributed by atoms with van der Waals surface area (Å²) < 4.78 is 5.35. The Kier molecular flexibility index (Phi) is 6.63. The average molecular weight is 347 g/mol. The maximum Gasteiger partial charge on any atom is 0.276 e. The molecule has 5 nitrogen and oxygen atoms in total. The van der Waals surface area contributed by atoms with E-state index in [2.05, 4.69) is 10.9 Å². The number of halogens is 1. The number of aryl methyl sites for hydroxylation is 2. The van der Waals surface area contributed by atoms with Crippen molar-refractivity contribution in [2.24, 2.45) is 0 Å². The van der Waals surface area contributed by atoms with Crippen molar-refractivity contribution in [2.45, 2.75) is 19.8 Å². The van der Waals surface area contributed by atoms with Gasteiger partial charge in [-0.3, -0.25) is 20.4 Å². The topological polar surface area (TPSA) is 67.4 Å². The molecule has 0 aliphatic carbocycles. The molecule has 0 atom stereocenters. The fourth-order valence-corrected chi connectivity index (χ4v) is 2.27. The van der Waals surface area contributed by atoms with E-state index in [-0.39, 0.29) is 18.9 Å². The van der Waals surface area contributed by atoms with E-state index in [1.807, 2.05) is 43.3 Å². The first-order valence-electron chi connectivity index (χ1n) is 7.55. The Morgan fingerprint density at radius 3 is 2.54 bits per heavy atom. The quantitative estimate of drug-likeness (QED) is 0.790. The van der Waals surface area contributed by atoms with Gasteiger partial charge in [-0.25, -0.2) is 0 Å². The van der Waals surface area contributed by atoms with Gasteiger partial charge in [0.2, 0.25) is 5.91 Å². The van der Waals surface area contributed by atoms with E-state index in [0.29, 0.717) is 17.2 Å². The van der Waals surface area contributed by atoms with Crippen LogP contribution in [0.5, 0.6) is 5.75 Å². The summed E-state index contributed by atoms with van der Waals surface area (Å²) in [4.78, 5) is 23.4. The van der Waals surface area contributed by atoms with Gasteiger partial charge >= 0.3 is 0 Å². The molecule has 0 spiro atoms. The summed E-state index contributed by atoms with van der Waals surface area (Å²) >= 11 is 6.03. The second-order valence-corrected chi connectivity index (χ2v) is 5.70. The number of nitrogens with one attached hydrogen (secondary N) is 2. The van der Waals surface area contributed by atoms with Crippen molar-refractivity contribution in [3.05, 3.63) is 64.7 Å². The van der Waals surface area contributed by atoms with E-state index in [9.17, 15) is 9.59 Å². The summed E-state index contributed by atoms with van der Waals surface area (Å²) in [5.74, 6) is -0.114. The molecule has 0 saturated carbocycles. The van der Waals surface area contributed by atoms with Crippen LogP contribution in [-0.2, 0) is 16.0 Å². The lowest BCUT2D eigenvalue weighted by Gasteiger charge is -2.09. The number of rotatable bonds is 6. The van der Waals surface area contributed by atoms with Crippen molar-refractivity contribution < 1.29 is 14.3 Å². The van der Waals surface area contributed by atoms with E-state index in [0.717, 1.165) is 11.1 Å². The number of amides is 2. The highest BCUT2D eigenvalue weighted by Crippen LogP contribution is 2.16. The smallest absolute Gasteiger partial charge is 0.276 e. The van der Waals surface area contributed by atoms with Gasteiger partial charge in [-0.05, 0) is 42.7 Å². The van der Waals surface area contributed by atoms with E-state index in [1.165, 1.54) is 0 Å². The van der Waals surface area contributed by atoms with Gasteiger partial charge in [0.25, 0.3) is 5.91 Å². The Balaban J connectivity index is 1.68. The summed E-state index contributed by atoms with van der Waals surface area (Å²) in [6.07, 6.45) is 0.726. The molecule has 24 heavy (non-hydrogen) atoms. The first kappa shape index (κ1) is 17.8. The Morgan fingerprint density at radius 2 is 1.79 bits per heavy atom. The Hall–Kier alpha value is -2.53. The van der Waals surface area contributed by atoms with Crippen molar-refractivity contribution in [1.29, 1.82) is 0 Å². The Labute approximate surface area is 145 Å². The minimum absolute atomic E-state index is 0.172. The van der Waals surface area contributed by atoms with Gasteiger partial charge < -0.3 is 4.74 Å². The van der Waals surface area contributed by atoms with Crippen LogP contribution in [-0.4, -0.2) is 18.4 Å². The Bertz CT molecular complexity index is 719. The SMILES string of the molecule is Cc1cccc(OCC(=O)NNC(=O)CCc2ccccc2Cl)c1. The molecule has 0 aliphatic rings. The lowest BCUT2D eigenvalue weighted by atomic mass is 10.1. The molecule has 2 N–H and O–H groups in total. The highest BCUT2D eigenvalue weighted by molar-refractivity contribution is 6.31. The van der Waals surface area contributed by atoms with Gasteiger partial charge in [0.15, 0.2) is 6.61 Å². The van der Waals surface area contributed by atoms with Crippen LogP contribution in [0.4, 0.5) is 0 Å². The summed E-state index contributed by atoms with van der Waals surface area (Å²) in [6.45, 7) is 1.76. The standard InChI is InChI=1S/C18H19ClN2O3/c1-13-5-4-7-15(11-13)24-12-18(23)21-20-17(22)10-9-14-6-2-3-8-16(14)19/h2-8,11H,9-10,12H2,1H3,(H,20,22)(H,21,23). The normalized spacial score (nSPS) is 10.1. The van der Waals surface area contributed by atoms with Crippen LogP contribution in [0.1, 0.15) is 17.5 Å². The van der Waals surface area contributed by atoms with E-state index >= 15 is 0 Å². The number of hydrogen-bond acceptors (Lipinski definition) is 3. The van der Waals surface area contributed by atoms with Gasteiger partial charge in [-0.2, -0.15) is 0 Å². The molecular formula is C18H19ClN2O3. The molecule has 2 rings (SSSR count). The number of carbonyl (C=O) groups excluding carboxylic acids is 2. The van der Waals surface area contributed by atoms with Crippen molar-refractivity contribution >= 4 is 23.4 Å². The number of ether oxygens (including phenoxy) is 1. The number of hydrogen-bond donors (Lipinski definition) is 2. The molecule has 2 aromatic carbocycles. The largest absolute Gasteiger partial charge is 0.484 e. The lowest BCUT2D eigenvalue weighted by molar-refractivity contribution is -0.130. The first-order chi connectivity index (χ1) is 11.5. The van der Waals surface area contributed by atoms with Crippen molar-refractivity contribution in [3.63, 3.8) is 0 Å². The van der Waals surface area contributed by atoms with Gasteiger partial charge in [0.05, 0.1) is 0 Å². The fourth-order valence-electron chi connectivity index (χ4n) is 2.04. The monoisotopic (exact) mass is 346 g/mol. The van der Waals surface area contributed by atoms with Crippen molar-refractivity contribution in [1.82, 2.24) is 10.9 Å². The molecule has 0 heterocycles. The summed E-state index contributed by atoms with van der Waals surface area (Å²) in [5, 5.41) is 0.626. The number of hydrazine groups is 1. The second-order valence-electron chi connectivity index (χ2n) is 5.29. The molecule has 0 fully saturated rings. The maximum atomic E-state index is 11.7. The van der Waals surface area contributed by atoms with Gasteiger partial charge in [0.1, 0.15) is 5.75 Å². The van der Waals surface area contributed by atoms with Crippen LogP contribution in [0.3, 0.4) is 0 Å². The molecule has 0 radical (unpaired) electrons. The fraction of sp³-hybridized carbons (Fsp3) is 0.222. The van der Waals surface area contributed by atoms with Crippen LogP contribution in [0.15, 0.2) is 48.5 Å². The number of benzene rings is 2. The van der Waals surface area contributed by atoms with Crippen LogP contribution < -0.4 is 15.6 Å². The molecule has 0 bridgehead atoms. The van der Waals surface area contributed by atoms with Crippen molar-refractivity contribution in [3.8, 4) is 5.75 Å². The predicted molar refractivity (Wildman–Crippen MR) is 92.7 cm³/mol.